The third-order valence-electron chi connectivity index (χ3n) is 3.54. The van der Waals surface area contributed by atoms with Crippen LogP contribution in [0.4, 0.5) is 4.79 Å². The highest BCUT2D eigenvalue weighted by Gasteiger charge is 2.24. The van der Waals surface area contributed by atoms with E-state index in [0.29, 0.717) is 12.3 Å². The van der Waals surface area contributed by atoms with Gasteiger partial charge in [0.1, 0.15) is 16.9 Å². The lowest BCUT2D eigenvalue weighted by atomic mass is 10.1. The number of amides is 2. The first-order chi connectivity index (χ1) is 11.0. The summed E-state index contributed by atoms with van der Waals surface area (Å²) in [7, 11) is 0. The van der Waals surface area contributed by atoms with Crippen molar-refractivity contribution >= 4 is 28.3 Å². The van der Waals surface area contributed by atoms with E-state index in [0.717, 1.165) is 15.8 Å². The molecule has 1 atom stereocenters. The number of nitrogens with one attached hydrogen (secondary N) is 2. The molecule has 3 aromatic rings. The van der Waals surface area contributed by atoms with Gasteiger partial charge in [-0.15, -0.1) is 11.3 Å². The summed E-state index contributed by atoms with van der Waals surface area (Å²) in [5.74, 6) is 0.686. The van der Waals surface area contributed by atoms with E-state index in [1.165, 1.54) is 11.3 Å². The third kappa shape index (κ3) is 3.72. The molecule has 120 valence electrons. The quantitative estimate of drug-likeness (QED) is 0.672. The molecule has 6 heteroatoms. The summed E-state index contributed by atoms with van der Waals surface area (Å²) >= 11 is 1.46. The van der Waals surface area contributed by atoms with Gasteiger partial charge in [-0.3, -0.25) is 0 Å². The molecule has 0 aliphatic rings. The molecule has 0 saturated heterocycles. The molecule has 2 aromatic heterocycles. The van der Waals surface area contributed by atoms with Gasteiger partial charge >= 0.3 is 6.03 Å². The molecule has 23 heavy (non-hydrogen) atoms. The van der Waals surface area contributed by atoms with Crippen LogP contribution in [-0.4, -0.2) is 17.7 Å². The van der Waals surface area contributed by atoms with E-state index in [1.807, 2.05) is 47.8 Å². The number of thiophene rings is 1. The highest BCUT2D eigenvalue weighted by Crippen LogP contribution is 2.24. The Morgan fingerprint density at radius 2 is 2.09 bits per heavy atom. The molecule has 2 amide bonds. The van der Waals surface area contributed by atoms with Crippen LogP contribution >= 0.6 is 11.3 Å². The summed E-state index contributed by atoms with van der Waals surface area (Å²) in [5, 5.41) is 18.7. The fourth-order valence-corrected chi connectivity index (χ4v) is 3.07. The minimum Gasteiger partial charge on any atom is -0.459 e. The summed E-state index contributed by atoms with van der Waals surface area (Å²) in [4.78, 5) is 12.7. The minimum absolute atomic E-state index is 0.138. The molecule has 0 fully saturated rings. The van der Waals surface area contributed by atoms with E-state index in [2.05, 4.69) is 10.6 Å². The molecule has 2 heterocycles. The van der Waals surface area contributed by atoms with Crippen LogP contribution in [0, 0.1) is 0 Å². The summed E-state index contributed by atoms with van der Waals surface area (Å²) in [6, 6.07) is 13.0. The van der Waals surface area contributed by atoms with Crippen molar-refractivity contribution in [2.24, 2.45) is 0 Å². The second-order valence-electron chi connectivity index (χ2n) is 5.54. The Morgan fingerprint density at radius 3 is 2.83 bits per heavy atom. The predicted molar refractivity (Wildman–Crippen MR) is 90.3 cm³/mol. The van der Waals surface area contributed by atoms with E-state index < -0.39 is 5.60 Å². The lowest BCUT2D eigenvalue weighted by molar-refractivity contribution is 0.0631. The predicted octanol–water partition coefficient (Wildman–Crippen LogP) is 3.20. The highest BCUT2D eigenvalue weighted by molar-refractivity contribution is 7.10. The smallest absolute Gasteiger partial charge is 0.315 e. The van der Waals surface area contributed by atoms with Gasteiger partial charge in [-0.05, 0) is 30.5 Å². The Labute approximate surface area is 137 Å². The molecule has 5 nitrogen and oxygen atoms in total. The highest BCUT2D eigenvalue weighted by atomic mass is 32.1. The van der Waals surface area contributed by atoms with Crippen molar-refractivity contribution in [1.29, 1.82) is 0 Å². The topological polar surface area (TPSA) is 74.5 Å². The van der Waals surface area contributed by atoms with E-state index in [-0.39, 0.29) is 12.6 Å². The van der Waals surface area contributed by atoms with Crippen LogP contribution in [0.1, 0.15) is 17.6 Å². The molecule has 3 N–H and O–H groups in total. The van der Waals surface area contributed by atoms with E-state index in [9.17, 15) is 9.90 Å². The van der Waals surface area contributed by atoms with E-state index >= 15 is 0 Å². The largest absolute Gasteiger partial charge is 0.459 e. The van der Waals surface area contributed by atoms with E-state index in [1.54, 1.807) is 6.92 Å². The Balaban J connectivity index is 1.51. The number of para-hydroxylation sites is 1. The molecular formula is C17H18N2O3S. The number of fused-ring (bicyclic) bond motifs is 1. The summed E-state index contributed by atoms with van der Waals surface area (Å²) in [6.07, 6.45) is 0. The van der Waals surface area contributed by atoms with Crippen molar-refractivity contribution in [2.75, 3.05) is 6.54 Å². The monoisotopic (exact) mass is 330 g/mol. The van der Waals surface area contributed by atoms with Gasteiger partial charge < -0.3 is 20.2 Å². The molecule has 0 aliphatic carbocycles. The molecule has 0 saturated carbocycles. The maximum atomic E-state index is 11.9. The van der Waals surface area contributed by atoms with Crippen LogP contribution < -0.4 is 10.6 Å². The molecular weight excluding hydrogens is 312 g/mol. The molecule has 1 unspecified atom stereocenters. The summed E-state index contributed by atoms with van der Waals surface area (Å²) in [6.45, 7) is 2.11. The third-order valence-corrected chi connectivity index (χ3v) is 4.67. The zero-order chi connectivity index (χ0) is 16.3. The van der Waals surface area contributed by atoms with Crippen molar-refractivity contribution in [1.82, 2.24) is 10.6 Å². The Morgan fingerprint density at radius 1 is 1.26 bits per heavy atom. The van der Waals surface area contributed by atoms with E-state index in [4.69, 9.17) is 4.42 Å². The second-order valence-corrected chi connectivity index (χ2v) is 6.49. The average Bonchev–Trinajstić information content (AvgIpc) is 3.20. The fourth-order valence-electron chi connectivity index (χ4n) is 2.28. The number of hydrogen-bond donors (Lipinski definition) is 3. The Bertz CT molecular complexity index is 760. The second kappa shape index (κ2) is 6.44. The van der Waals surface area contributed by atoms with Crippen molar-refractivity contribution in [3.8, 4) is 0 Å². The SMILES string of the molecule is CC(O)(CNC(=O)NCc1cc2ccccc2o1)c1cccs1. The molecule has 0 bridgehead atoms. The molecule has 3 rings (SSSR count). The molecule has 0 aliphatic heterocycles. The van der Waals surface area contributed by atoms with Gasteiger partial charge in [0.2, 0.25) is 0 Å². The standard InChI is InChI=1S/C17H18N2O3S/c1-17(21,15-7-4-8-23-15)11-19-16(20)18-10-13-9-12-5-2-3-6-14(12)22-13/h2-9,21H,10-11H2,1H3,(H2,18,19,20). The number of benzene rings is 1. The molecule has 0 spiro atoms. The number of furan rings is 1. The van der Waals surface area contributed by atoms with Crippen LogP contribution in [0.2, 0.25) is 0 Å². The van der Waals surface area contributed by atoms with Gasteiger partial charge in [-0.25, -0.2) is 4.79 Å². The molecule has 0 radical (unpaired) electrons. The summed E-state index contributed by atoms with van der Waals surface area (Å²) in [5.41, 5.74) is -0.282. The van der Waals surface area contributed by atoms with Crippen LogP contribution in [-0.2, 0) is 12.1 Å². The van der Waals surface area contributed by atoms with Crippen molar-refractivity contribution in [2.45, 2.75) is 19.1 Å². The van der Waals surface area contributed by atoms with Crippen LogP contribution in [0.5, 0.6) is 0 Å². The first-order valence-electron chi connectivity index (χ1n) is 7.30. The number of rotatable bonds is 5. The number of carbonyl (C=O) groups is 1. The Kier molecular flexibility index (Phi) is 4.36. The van der Waals surface area contributed by atoms with Crippen molar-refractivity contribution < 1.29 is 14.3 Å². The number of aliphatic hydroxyl groups is 1. The first kappa shape index (κ1) is 15.6. The van der Waals surface area contributed by atoms with Crippen molar-refractivity contribution in [3.05, 3.63) is 58.5 Å². The maximum absolute atomic E-state index is 11.9. The van der Waals surface area contributed by atoms with Crippen LogP contribution in [0.25, 0.3) is 11.0 Å². The zero-order valence-electron chi connectivity index (χ0n) is 12.7. The maximum Gasteiger partial charge on any atom is 0.315 e. The normalized spacial score (nSPS) is 13.7. The number of hydrogen-bond acceptors (Lipinski definition) is 4. The lowest BCUT2D eigenvalue weighted by Gasteiger charge is -2.22. The van der Waals surface area contributed by atoms with Gasteiger partial charge in [0.05, 0.1) is 13.1 Å². The minimum atomic E-state index is -1.08. The molecule has 1 aromatic carbocycles. The first-order valence-corrected chi connectivity index (χ1v) is 8.18. The zero-order valence-corrected chi connectivity index (χ0v) is 13.5. The number of carbonyl (C=O) groups excluding carboxylic acids is 1. The number of urea groups is 1. The average molecular weight is 330 g/mol. The van der Waals surface area contributed by atoms with Gasteiger partial charge in [0.25, 0.3) is 0 Å². The van der Waals surface area contributed by atoms with Gasteiger partial charge in [-0.1, -0.05) is 24.3 Å². The van der Waals surface area contributed by atoms with Crippen LogP contribution in [0.3, 0.4) is 0 Å². The lowest BCUT2D eigenvalue weighted by Crippen LogP contribution is -2.42. The van der Waals surface area contributed by atoms with Gasteiger partial charge in [0, 0.05) is 10.3 Å². The fraction of sp³-hybridized carbons (Fsp3) is 0.235. The van der Waals surface area contributed by atoms with Gasteiger partial charge in [-0.2, -0.15) is 0 Å². The Hall–Kier alpha value is -2.31. The van der Waals surface area contributed by atoms with Gasteiger partial charge in [0.15, 0.2) is 0 Å². The van der Waals surface area contributed by atoms with Crippen molar-refractivity contribution in [3.63, 3.8) is 0 Å². The van der Waals surface area contributed by atoms with Crippen LogP contribution in [0.15, 0.2) is 52.3 Å². The summed E-state index contributed by atoms with van der Waals surface area (Å²) < 4.78 is 5.63.